The molecule has 2 atom stereocenters. The summed E-state index contributed by atoms with van der Waals surface area (Å²) in [6, 6.07) is 1.47. The van der Waals surface area contributed by atoms with E-state index in [1.807, 2.05) is 9.47 Å². The smallest absolute Gasteiger partial charge is 0.341 e. The SMILES string of the molecule is N[C@H]1C[C@H]2CNCc3c(c(F)cc4c(=O)c(C(=O)O)cn(C5CC5)c34)N2C1. The summed E-state index contributed by atoms with van der Waals surface area (Å²) in [6.45, 7) is 1.71. The molecule has 8 heteroatoms. The molecule has 0 bridgehead atoms. The first-order valence-corrected chi connectivity index (χ1v) is 9.32. The first-order chi connectivity index (χ1) is 13.0. The normalized spacial score (nSPS) is 24.6. The number of rotatable bonds is 2. The summed E-state index contributed by atoms with van der Waals surface area (Å²) in [5.41, 5.74) is 7.06. The third-order valence-electron chi connectivity index (χ3n) is 5.93. The van der Waals surface area contributed by atoms with E-state index in [1.54, 1.807) is 0 Å². The summed E-state index contributed by atoms with van der Waals surface area (Å²) in [6.07, 6.45) is 4.07. The van der Waals surface area contributed by atoms with Crippen LogP contribution in [0.25, 0.3) is 10.9 Å². The van der Waals surface area contributed by atoms with Crippen molar-refractivity contribution in [2.45, 2.75) is 43.9 Å². The summed E-state index contributed by atoms with van der Waals surface area (Å²) < 4.78 is 17.1. The number of nitrogens with two attached hydrogens (primary N) is 1. The standard InChI is InChI=1S/C19H21FN4O3/c20-15-4-12-16(24(10-1-2-10)8-14(18(12)25)19(26)27)13-6-22-5-11-3-9(21)7-23(11)17(13)15/h4,8-11,22H,1-3,5-7,21H2,(H,26,27)/t9-,11-/m0/s1. The maximum Gasteiger partial charge on any atom is 0.341 e. The first kappa shape index (κ1) is 16.7. The fourth-order valence-corrected chi connectivity index (χ4v) is 4.61. The van der Waals surface area contributed by atoms with Crippen LogP contribution < -0.4 is 21.4 Å². The Labute approximate surface area is 154 Å². The Kier molecular flexibility index (Phi) is 3.57. The van der Waals surface area contributed by atoms with E-state index in [0.29, 0.717) is 30.8 Å². The van der Waals surface area contributed by atoms with Gasteiger partial charge in [-0.2, -0.15) is 0 Å². The number of carboxylic acid groups (broad SMARTS) is 1. The second kappa shape index (κ2) is 5.77. The molecular formula is C19H21FN4O3. The number of nitrogens with one attached hydrogen (secondary N) is 1. The summed E-state index contributed by atoms with van der Waals surface area (Å²) >= 11 is 0. The number of fused-ring (bicyclic) bond motifs is 5. The van der Waals surface area contributed by atoms with E-state index in [9.17, 15) is 14.7 Å². The zero-order chi connectivity index (χ0) is 18.9. The van der Waals surface area contributed by atoms with Crippen LogP contribution in [0.4, 0.5) is 10.1 Å². The molecule has 0 unspecified atom stereocenters. The molecule has 1 aromatic heterocycles. The number of hydrogen-bond acceptors (Lipinski definition) is 5. The molecule has 0 amide bonds. The van der Waals surface area contributed by atoms with E-state index in [0.717, 1.165) is 24.8 Å². The van der Waals surface area contributed by atoms with Crippen molar-refractivity contribution >= 4 is 22.6 Å². The minimum absolute atomic E-state index is 0.0159. The minimum Gasteiger partial charge on any atom is -0.477 e. The average molecular weight is 372 g/mol. The maximum absolute atomic E-state index is 15.2. The zero-order valence-electron chi connectivity index (χ0n) is 14.7. The van der Waals surface area contributed by atoms with E-state index < -0.39 is 17.2 Å². The van der Waals surface area contributed by atoms with Crippen molar-refractivity contribution in [3.63, 3.8) is 0 Å². The van der Waals surface area contributed by atoms with Crippen LogP contribution in [0.5, 0.6) is 0 Å². The van der Waals surface area contributed by atoms with Gasteiger partial charge < -0.3 is 25.6 Å². The molecule has 2 fully saturated rings. The number of halogens is 1. The monoisotopic (exact) mass is 372 g/mol. The fraction of sp³-hybridized carbons (Fsp3) is 0.474. The second-order valence-electron chi connectivity index (χ2n) is 7.83. The Morgan fingerprint density at radius 1 is 1.33 bits per heavy atom. The van der Waals surface area contributed by atoms with Crippen LogP contribution >= 0.6 is 0 Å². The van der Waals surface area contributed by atoms with Crippen molar-refractivity contribution in [1.29, 1.82) is 0 Å². The number of aromatic carboxylic acids is 1. The quantitative estimate of drug-likeness (QED) is 0.732. The minimum atomic E-state index is -1.28. The van der Waals surface area contributed by atoms with Crippen LogP contribution in [-0.2, 0) is 6.54 Å². The summed E-state index contributed by atoms with van der Waals surface area (Å²) in [5.74, 6) is -1.77. The molecule has 3 aliphatic rings. The van der Waals surface area contributed by atoms with Crippen LogP contribution in [-0.4, -0.2) is 40.8 Å². The van der Waals surface area contributed by atoms with Gasteiger partial charge in [-0.15, -0.1) is 0 Å². The van der Waals surface area contributed by atoms with E-state index in [-0.39, 0.29) is 29.1 Å². The number of carboxylic acids is 1. The molecule has 27 heavy (non-hydrogen) atoms. The largest absolute Gasteiger partial charge is 0.477 e. The number of aromatic nitrogens is 1. The van der Waals surface area contributed by atoms with Gasteiger partial charge in [-0.1, -0.05) is 0 Å². The Balaban J connectivity index is 1.85. The molecular weight excluding hydrogens is 351 g/mol. The lowest BCUT2D eigenvalue weighted by molar-refractivity contribution is 0.0695. The Bertz CT molecular complexity index is 1030. The molecule has 0 spiro atoms. The topological polar surface area (TPSA) is 101 Å². The molecule has 3 heterocycles. The van der Waals surface area contributed by atoms with E-state index >= 15 is 4.39 Å². The van der Waals surface area contributed by atoms with Gasteiger partial charge in [0, 0.05) is 54.9 Å². The lowest BCUT2D eigenvalue weighted by atomic mass is 10.0. The summed E-state index contributed by atoms with van der Waals surface area (Å²) in [4.78, 5) is 26.3. The van der Waals surface area contributed by atoms with E-state index in [4.69, 9.17) is 5.73 Å². The van der Waals surface area contributed by atoms with Gasteiger partial charge >= 0.3 is 5.97 Å². The molecule has 142 valence electrons. The van der Waals surface area contributed by atoms with Crippen molar-refractivity contribution in [3.8, 4) is 0 Å². The molecule has 2 aromatic rings. The highest BCUT2D eigenvalue weighted by molar-refractivity contribution is 5.95. The predicted molar refractivity (Wildman–Crippen MR) is 98.8 cm³/mol. The number of nitrogens with zero attached hydrogens (tertiary/aromatic N) is 2. The van der Waals surface area contributed by atoms with Gasteiger partial charge in [0.05, 0.1) is 11.2 Å². The van der Waals surface area contributed by atoms with Gasteiger partial charge in [-0.25, -0.2) is 9.18 Å². The van der Waals surface area contributed by atoms with E-state index in [1.165, 1.54) is 12.3 Å². The van der Waals surface area contributed by atoms with Gasteiger partial charge in [0.1, 0.15) is 11.4 Å². The van der Waals surface area contributed by atoms with Crippen molar-refractivity contribution in [2.75, 3.05) is 18.0 Å². The fourth-order valence-electron chi connectivity index (χ4n) is 4.61. The van der Waals surface area contributed by atoms with Crippen molar-refractivity contribution < 1.29 is 14.3 Å². The molecule has 2 aliphatic heterocycles. The van der Waals surface area contributed by atoms with Gasteiger partial charge in [-0.3, -0.25) is 4.79 Å². The number of carbonyl (C=O) groups is 1. The second-order valence-corrected chi connectivity index (χ2v) is 7.83. The number of benzene rings is 1. The lowest BCUT2D eigenvalue weighted by Crippen LogP contribution is -2.35. The van der Waals surface area contributed by atoms with Crippen LogP contribution in [0, 0.1) is 5.82 Å². The highest BCUT2D eigenvalue weighted by Gasteiger charge is 2.37. The number of pyridine rings is 1. The Morgan fingerprint density at radius 3 is 2.81 bits per heavy atom. The summed E-state index contributed by atoms with van der Waals surface area (Å²) in [7, 11) is 0. The van der Waals surface area contributed by atoms with E-state index in [2.05, 4.69) is 5.32 Å². The molecule has 1 aliphatic carbocycles. The Hall–Kier alpha value is -2.45. The van der Waals surface area contributed by atoms with Crippen LogP contribution in [0.2, 0.25) is 0 Å². The summed E-state index contributed by atoms with van der Waals surface area (Å²) in [5, 5.41) is 12.9. The van der Waals surface area contributed by atoms with Gasteiger partial charge in [-0.05, 0) is 25.3 Å². The molecule has 1 aromatic carbocycles. The first-order valence-electron chi connectivity index (χ1n) is 9.32. The molecule has 7 nitrogen and oxygen atoms in total. The average Bonchev–Trinajstić information content (AvgIpc) is 3.40. The van der Waals surface area contributed by atoms with Crippen LogP contribution in [0.15, 0.2) is 17.1 Å². The van der Waals surface area contributed by atoms with Crippen LogP contribution in [0.3, 0.4) is 0 Å². The maximum atomic E-state index is 15.2. The number of anilines is 1. The molecule has 0 radical (unpaired) electrons. The zero-order valence-corrected chi connectivity index (χ0v) is 14.7. The molecule has 1 saturated carbocycles. The molecule has 5 rings (SSSR count). The van der Waals surface area contributed by atoms with Crippen molar-refractivity contribution in [2.24, 2.45) is 5.73 Å². The van der Waals surface area contributed by atoms with Crippen LogP contribution in [0.1, 0.15) is 41.2 Å². The third-order valence-corrected chi connectivity index (χ3v) is 5.93. The van der Waals surface area contributed by atoms with Gasteiger partial charge in [0.15, 0.2) is 0 Å². The highest BCUT2D eigenvalue weighted by Crippen LogP contribution is 2.41. The van der Waals surface area contributed by atoms with Gasteiger partial charge in [0.25, 0.3) is 0 Å². The van der Waals surface area contributed by atoms with Gasteiger partial charge in [0.2, 0.25) is 5.43 Å². The lowest BCUT2D eigenvalue weighted by Gasteiger charge is -2.27. The van der Waals surface area contributed by atoms with Crippen molar-refractivity contribution in [1.82, 2.24) is 9.88 Å². The third kappa shape index (κ3) is 2.47. The number of hydrogen-bond donors (Lipinski definition) is 3. The molecule has 1 saturated heterocycles. The predicted octanol–water partition coefficient (Wildman–Crippen LogP) is 1.18. The molecule has 4 N–H and O–H groups in total. The highest BCUT2D eigenvalue weighted by atomic mass is 19.1. The van der Waals surface area contributed by atoms with Crippen molar-refractivity contribution in [3.05, 3.63) is 39.4 Å². The Morgan fingerprint density at radius 2 is 2.11 bits per heavy atom.